The Morgan fingerprint density at radius 1 is 1.25 bits per heavy atom. The first-order chi connectivity index (χ1) is 9.48. The van der Waals surface area contributed by atoms with Crippen molar-refractivity contribution in [1.82, 2.24) is 4.72 Å². The number of rotatable bonds is 5. The highest BCUT2D eigenvalue weighted by Crippen LogP contribution is 2.20. The van der Waals surface area contributed by atoms with E-state index in [1.807, 2.05) is 37.3 Å². The van der Waals surface area contributed by atoms with Crippen molar-refractivity contribution in [3.8, 4) is 0 Å². The molecule has 0 aromatic heterocycles. The minimum absolute atomic E-state index is 0.0199. The van der Waals surface area contributed by atoms with E-state index in [0.717, 1.165) is 31.2 Å². The fourth-order valence-corrected chi connectivity index (χ4v) is 4.49. The van der Waals surface area contributed by atoms with Gasteiger partial charge in [0.2, 0.25) is 10.0 Å². The lowest BCUT2D eigenvalue weighted by molar-refractivity contribution is 0.361. The minimum atomic E-state index is -3.29. The molecule has 3 N–H and O–H groups in total. The molecule has 1 saturated carbocycles. The average Bonchev–Trinajstić information content (AvgIpc) is 2.41. The summed E-state index contributed by atoms with van der Waals surface area (Å²) in [6.45, 7) is 1.94. The van der Waals surface area contributed by atoms with Gasteiger partial charge < -0.3 is 5.73 Å². The van der Waals surface area contributed by atoms with E-state index in [0.29, 0.717) is 0 Å². The molecule has 0 heterocycles. The van der Waals surface area contributed by atoms with E-state index in [9.17, 15) is 8.42 Å². The van der Waals surface area contributed by atoms with Crippen molar-refractivity contribution in [2.45, 2.75) is 50.6 Å². The first-order valence-corrected chi connectivity index (χ1v) is 8.94. The topological polar surface area (TPSA) is 72.2 Å². The van der Waals surface area contributed by atoms with Crippen LogP contribution in [0.2, 0.25) is 0 Å². The van der Waals surface area contributed by atoms with Crippen LogP contribution in [-0.4, -0.2) is 26.3 Å². The fraction of sp³-hybridized carbons (Fsp3) is 0.600. The molecule has 0 radical (unpaired) electrons. The van der Waals surface area contributed by atoms with Crippen LogP contribution in [0.4, 0.5) is 0 Å². The van der Waals surface area contributed by atoms with Crippen molar-refractivity contribution < 1.29 is 8.42 Å². The van der Waals surface area contributed by atoms with E-state index in [4.69, 9.17) is 5.73 Å². The third kappa shape index (κ3) is 4.30. The quantitative estimate of drug-likeness (QED) is 0.872. The average molecular weight is 296 g/mol. The maximum atomic E-state index is 12.3. The third-order valence-corrected chi connectivity index (χ3v) is 5.59. The van der Waals surface area contributed by atoms with Gasteiger partial charge in [0.05, 0.1) is 5.75 Å². The number of benzene rings is 1. The Morgan fingerprint density at radius 3 is 2.55 bits per heavy atom. The molecule has 0 aliphatic heterocycles. The van der Waals surface area contributed by atoms with Gasteiger partial charge in [0.1, 0.15) is 0 Å². The Balaban J connectivity index is 1.97. The summed E-state index contributed by atoms with van der Waals surface area (Å²) in [5.74, 6) is 0.0914. The zero-order valence-corrected chi connectivity index (χ0v) is 12.8. The van der Waals surface area contributed by atoms with Crippen molar-refractivity contribution in [2.24, 2.45) is 5.73 Å². The maximum absolute atomic E-state index is 12.3. The first-order valence-electron chi connectivity index (χ1n) is 7.28. The van der Waals surface area contributed by atoms with Gasteiger partial charge in [0.25, 0.3) is 0 Å². The van der Waals surface area contributed by atoms with Gasteiger partial charge in [0, 0.05) is 12.1 Å². The summed E-state index contributed by atoms with van der Waals surface area (Å²) in [7, 11) is -3.29. The standard InChI is InChI=1S/C15H24N2O2S/c1-12(13-7-3-2-4-8-13)11-20(18,19)17-15-10-6-5-9-14(15)16/h2-4,7-8,12,14-15,17H,5-6,9-11,16H2,1H3. The van der Waals surface area contributed by atoms with Crippen molar-refractivity contribution in [3.63, 3.8) is 0 Å². The highest BCUT2D eigenvalue weighted by molar-refractivity contribution is 7.89. The van der Waals surface area contributed by atoms with Crippen LogP contribution in [0.5, 0.6) is 0 Å². The Hall–Kier alpha value is -0.910. The van der Waals surface area contributed by atoms with Gasteiger partial charge in [-0.05, 0) is 24.3 Å². The lowest BCUT2D eigenvalue weighted by Gasteiger charge is -2.29. The van der Waals surface area contributed by atoms with Gasteiger partial charge in [0.15, 0.2) is 0 Å². The van der Waals surface area contributed by atoms with Gasteiger partial charge in [-0.25, -0.2) is 13.1 Å². The lowest BCUT2D eigenvalue weighted by Crippen LogP contribution is -2.50. The smallest absolute Gasteiger partial charge is 0.212 e. The largest absolute Gasteiger partial charge is 0.326 e. The van der Waals surface area contributed by atoms with Crippen molar-refractivity contribution >= 4 is 10.0 Å². The Morgan fingerprint density at radius 2 is 1.90 bits per heavy atom. The van der Waals surface area contributed by atoms with E-state index in [1.54, 1.807) is 0 Å². The lowest BCUT2D eigenvalue weighted by atomic mass is 9.92. The molecule has 1 aliphatic rings. The second-order valence-corrected chi connectivity index (χ2v) is 7.56. The highest BCUT2D eigenvalue weighted by atomic mass is 32.2. The van der Waals surface area contributed by atoms with Crippen LogP contribution in [0.1, 0.15) is 44.1 Å². The van der Waals surface area contributed by atoms with Crippen LogP contribution in [-0.2, 0) is 10.0 Å². The number of nitrogens with two attached hydrogens (primary N) is 1. The predicted octanol–water partition coefficient (Wildman–Crippen LogP) is 1.98. The molecule has 1 aliphatic carbocycles. The molecular weight excluding hydrogens is 272 g/mol. The Labute approximate surface area is 121 Å². The van der Waals surface area contributed by atoms with Gasteiger partial charge in [-0.1, -0.05) is 50.1 Å². The summed E-state index contributed by atoms with van der Waals surface area (Å²) >= 11 is 0. The Bertz CT molecular complexity index is 516. The molecule has 0 bridgehead atoms. The van der Waals surface area contributed by atoms with E-state index in [1.165, 1.54) is 0 Å². The maximum Gasteiger partial charge on any atom is 0.212 e. The first kappa shape index (κ1) is 15.5. The van der Waals surface area contributed by atoms with Crippen LogP contribution >= 0.6 is 0 Å². The second kappa shape index (κ2) is 6.70. The SMILES string of the molecule is CC(CS(=O)(=O)NC1CCCCC1N)c1ccccc1. The zero-order valence-electron chi connectivity index (χ0n) is 12.0. The molecule has 1 aromatic carbocycles. The predicted molar refractivity (Wildman–Crippen MR) is 82.0 cm³/mol. The number of hydrogen-bond acceptors (Lipinski definition) is 3. The van der Waals surface area contributed by atoms with Crippen LogP contribution in [0, 0.1) is 0 Å². The normalized spacial score (nSPS) is 25.3. The molecule has 1 aromatic rings. The molecule has 0 spiro atoms. The molecule has 3 unspecified atom stereocenters. The van der Waals surface area contributed by atoms with E-state index >= 15 is 0 Å². The monoisotopic (exact) mass is 296 g/mol. The van der Waals surface area contributed by atoms with Crippen molar-refractivity contribution in [3.05, 3.63) is 35.9 Å². The molecule has 3 atom stereocenters. The molecular formula is C15H24N2O2S. The molecule has 0 amide bonds. The van der Waals surface area contributed by atoms with E-state index in [2.05, 4.69) is 4.72 Å². The summed E-state index contributed by atoms with van der Waals surface area (Å²) < 4.78 is 27.3. The molecule has 0 saturated heterocycles. The molecule has 1 fully saturated rings. The summed E-state index contributed by atoms with van der Waals surface area (Å²) in [5.41, 5.74) is 7.05. The fourth-order valence-electron chi connectivity index (χ4n) is 2.79. The zero-order chi connectivity index (χ0) is 14.6. The van der Waals surface area contributed by atoms with E-state index < -0.39 is 10.0 Å². The van der Waals surface area contributed by atoms with Gasteiger partial charge in [-0.2, -0.15) is 0 Å². The Kier molecular flexibility index (Phi) is 5.18. The van der Waals surface area contributed by atoms with Crippen molar-refractivity contribution in [1.29, 1.82) is 0 Å². The minimum Gasteiger partial charge on any atom is -0.326 e. The summed E-state index contributed by atoms with van der Waals surface area (Å²) in [5, 5.41) is 0. The number of sulfonamides is 1. The number of nitrogens with one attached hydrogen (secondary N) is 1. The van der Waals surface area contributed by atoms with Crippen LogP contribution in [0.15, 0.2) is 30.3 Å². The van der Waals surface area contributed by atoms with Gasteiger partial charge in [-0.15, -0.1) is 0 Å². The molecule has 20 heavy (non-hydrogen) atoms. The van der Waals surface area contributed by atoms with Crippen molar-refractivity contribution in [2.75, 3.05) is 5.75 Å². The summed E-state index contributed by atoms with van der Waals surface area (Å²) in [4.78, 5) is 0. The second-order valence-electron chi connectivity index (χ2n) is 5.77. The summed E-state index contributed by atoms with van der Waals surface area (Å²) in [6, 6.07) is 9.58. The third-order valence-electron chi connectivity index (χ3n) is 3.99. The molecule has 5 heteroatoms. The van der Waals surface area contributed by atoms with E-state index in [-0.39, 0.29) is 23.8 Å². The van der Waals surface area contributed by atoms with Crippen LogP contribution in [0.25, 0.3) is 0 Å². The number of hydrogen-bond donors (Lipinski definition) is 2. The van der Waals surface area contributed by atoms with Gasteiger partial charge in [-0.3, -0.25) is 0 Å². The molecule has 112 valence electrons. The van der Waals surface area contributed by atoms with Gasteiger partial charge >= 0.3 is 0 Å². The summed E-state index contributed by atoms with van der Waals surface area (Å²) in [6.07, 6.45) is 3.90. The van der Waals surface area contributed by atoms with Crippen LogP contribution < -0.4 is 10.5 Å². The highest BCUT2D eigenvalue weighted by Gasteiger charge is 2.27. The molecule has 2 rings (SSSR count). The molecule has 4 nitrogen and oxygen atoms in total. The van der Waals surface area contributed by atoms with Crippen LogP contribution in [0.3, 0.4) is 0 Å².